The zero-order valence-electron chi connectivity index (χ0n) is 13.8. The number of nitrogens with zero attached hydrogens (tertiary/aromatic N) is 3. The molecule has 0 N–H and O–H groups in total. The lowest BCUT2D eigenvalue weighted by atomic mass is 10.1. The van der Waals surface area contributed by atoms with E-state index in [1.54, 1.807) is 31.3 Å². The fourth-order valence-electron chi connectivity index (χ4n) is 2.61. The Bertz CT molecular complexity index is 973. The first kappa shape index (κ1) is 17.0. The van der Waals surface area contributed by atoms with Gasteiger partial charge in [0.05, 0.1) is 16.3 Å². The summed E-state index contributed by atoms with van der Waals surface area (Å²) >= 11 is 1.54. The summed E-state index contributed by atoms with van der Waals surface area (Å²) in [5.74, 6) is -0.267. The number of nitro groups is 1. The van der Waals surface area contributed by atoms with Crippen LogP contribution >= 0.6 is 11.3 Å². The molecule has 0 atom stereocenters. The van der Waals surface area contributed by atoms with Crippen molar-refractivity contribution in [2.75, 3.05) is 7.05 Å². The van der Waals surface area contributed by atoms with Crippen molar-refractivity contribution in [1.29, 1.82) is 0 Å². The van der Waals surface area contributed by atoms with Gasteiger partial charge in [0, 0.05) is 24.9 Å². The lowest BCUT2D eigenvalue weighted by molar-refractivity contribution is -0.384. The lowest BCUT2D eigenvalue weighted by Gasteiger charge is -2.07. The molecule has 0 unspecified atom stereocenters. The molecule has 0 radical (unpaired) electrons. The summed E-state index contributed by atoms with van der Waals surface area (Å²) in [5, 5.41) is 10.8. The van der Waals surface area contributed by atoms with Gasteiger partial charge >= 0.3 is 0 Å². The molecule has 0 aliphatic carbocycles. The standard InChI is InChI=1S/C18H16FN3O2S/c1-12-17(14-5-7-15(19)8-6-14)25-18(20-2)21(12)11-13-3-9-16(10-4-13)22(23)24/h3-10H,11H2,1-2H3. The third kappa shape index (κ3) is 3.51. The zero-order chi connectivity index (χ0) is 18.0. The molecule has 1 aromatic heterocycles. The first-order valence-electron chi connectivity index (χ1n) is 7.62. The van der Waals surface area contributed by atoms with E-state index in [0.29, 0.717) is 6.54 Å². The van der Waals surface area contributed by atoms with Crippen LogP contribution in [0.1, 0.15) is 11.3 Å². The van der Waals surface area contributed by atoms with E-state index in [1.807, 2.05) is 6.92 Å². The Labute approximate surface area is 147 Å². The Balaban J connectivity index is 1.99. The van der Waals surface area contributed by atoms with Gasteiger partial charge in [-0.15, -0.1) is 0 Å². The minimum absolute atomic E-state index is 0.0724. The van der Waals surface area contributed by atoms with Gasteiger partial charge in [0.2, 0.25) is 0 Å². The molecule has 25 heavy (non-hydrogen) atoms. The summed E-state index contributed by atoms with van der Waals surface area (Å²) in [6.45, 7) is 2.56. The van der Waals surface area contributed by atoms with Crippen LogP contribution in [0.3, 0.4) is 0 Å². The van der Waals surface area contributed by atoms with Gasteiger partial charge in [-0.05, 0) is 30.2 Å². The predicted octanol–water partition coefficient (Wildman–Crippen LogP) is 4.15. The number of halogens is 1. The molecule has 3 rings (SSSR count). The van der Waals surface area contributed by atoms with Crippen molar-refractivity contribution >= 4 is 17.0 Å². The van der Waals surface area contributed by atoms with Gasteiger partial charge in [0.1, 0.15) is 5.82 Å². The largest absolute Gasteiger partial charge is 0.316 e. The van der Waals surface area contributed by atoms with E-state index in [4.69, 9.17) is 0 Å². The summed E-state index contributed by atoms with van der Waals surface area (Å²) in [7, 11) is 1.73. The number of benzene rings is 2. The lowest BCUT2D eigenvalue weighted by Crippen LogP contribution is -2.16. The molecule has 7 heteroatoms. The summed E-state index contributed by atoms with van der Waals surface area (Å²) in [5.41, 5.74) is 2.99. The van der Waals surface area contributed by atoms with Crippen molar-refractivity contribution in [2.24, 2.45) is 4.99 Å². The van der Waals surface area contributed by atoms with Crippen molar-refractivity contribution < 1.29 is 9.31 Å². The summed E-state index contributed by atoms with van der Waals surface area (Å²) in [6, 6.07) is 12.9. The van der Waals surface area contributed by atoms with Crippen molar-refractivity contribution in [2.45, 2.75) is 13.5 Å². The van der Waals surface area contributed by atoms with Crippen molar-refractivity contribution in [3.63, 3.8) is 0 Å². The number of non-ortho nitro benzene ring substituents is 1. The first-order valence-corrected chi connectivity index (χ1v) is 8.43. The second-order valence-electron chi connectivity index (χ2n) is 5.54. The SMILES string of the molecule is CN=c1sc(-c2ccc(F)cc2)c(C)n1Cc1ccc([N+](=O)[O-])cc1. The summed E-state index contributed by atoms with van der Waals surface area (Å²) in [4.78, 5) is 16.6. The van der Waals surface area contributed by atoms with Gasteiger partial charge in [-0.25, -0.2) is 4.39 Å². The number of thiazole rings is 1. The average Bonchev–Trinajstić information content (AvgIpc) is 2.92. The molecular formula is C18H16FN3O2S. The van der Waals surface area contributed by atoms with E-state index in [2.05, 4.69) is 9.56 Å². The topological polar surface area (TPSA) is 60.4 Å². The molecule has 0 amide bonds. The zero-order valence-corrected chi connectivity index (χ0v) is 14.6. The second kappa shape index (κ2) is 6.98. The third-order valence-electron chi connectivity index (χ3n) is 3.94. The highest BCUT2D eigenvalue weighted by molar-refractivity contribution is 7.13. The van der Waals surface area contributed by atoms with Crippen LogP contribution in [0.25, 0.3) is 10.4 Å². The number of hydrogen-bond donors (Lipinski definition) is 0. The molecule has 0 saturated heterocycles. The minimum Gasteiger partial charge on any atom is -0.316 e. The third-order valence-corrected chi connectivity index (χ3v) is 5.26. The van der Waals surface area contributed by atoms with Gasteiger partial charge in [-0.2, -0.15) is 0 Å². The van der Waals surface area contributed by atoms with Gasteiger partial charge in [0.15, 0.2) is 4.80 Å². The van der Waals surface area contributed by atoms with Crippen LogP contribution in [-0.2, 0) is 6.54 Å². The van der Waals surface area contributed by atoms with E-state index in [9.17, 15) is 14.5 Å². The van der Waals surface area contributed by atoms with E-state index in [0.717, 1.165) is 26.5 Å². The molecule has 0 bridgehead atoms. The Kier molecular flexibility index (Phi) is 4.76. The molecule has 0 aliphatic rings. The normalized spacial score (nSPS) is 11.7. The molecule has 1 heterocycles. The van der Waals surface area contributed by atoms with Crippen LogP contribution in [0.2, 0.25) is 0 Å². The Morgan fingerprint density at radius 2 is 1.80 bits per heavy atom. The maximum Gasteiger partial charge on any atom is 0.269 e. The fourth-order valence-corrected chi connectivity index (χ4v) is 3.71. The Hall–Kier alpha value is -2.80. The van der Waals surface area contributed by atoms with E-state index in [1.165, 1.54) is 35.6 Å². The van der Waals surface area contributed by atoms with E-state index in [-0.39, 0.29) is 11.5 Å². The van der Waals surface area contributed by atoms with Crippen LogP contribution in [0, 0.1) is 22.9 Å². The highest BCUT2D eigenvalue weighted by Crippen LogP contribution is 2.27. The predicted molar refractivity (Wildman–Crippen MR) is 96.1 cm³/mol. The molecule has 0 aliphatic heterocycles. The van der Waals surface area contributed by atoms with E-state index < -0.39 is 4.92 Å². The summed E-state index contributed by atoms with van der Waals surface area (Å²) in [6.07, 6.45) is 0. The fraction of sp³-hybridized carbons (Fsp3) is 0.167. The van der Waals surface area contributed by atoms with Crippen LogP contribution < -0.4 is 4.80 Å². The number of rotatable bonds is 4. The molecule has 3 aromatic rings. The highest BCUT2D eigenvalue weighted by Gasteiger charge is 2.13. The monoisotopic (exact) mass is 357 g/mol. The van der Waals surface area contributed by atoms with Crippen LogP contribution in [0.4, 0.5) is 10.1 Å². The van der Waals surface area contributed by atoms with Gasteiger partial charge in [-0.3, -0.25) is 15.1 Å². The number of aromatic nitrogens is 1. The van der Waals surface area contributed by atoms with Gasteiger partial charge in [0.25, 0.3) is 5.69 Å². The van der Waals surface area contributed by atoms with Gasteiger partial charge < -0.3 is 4.57 Å². The highest BCUT2D eigenvalue weighted by atomic mass is 32.1. The quantitative estimate of drug-likeness (QED) is 0.520. The molecule has 0 fully saturated rings. The number of hydrogen-bond acceptors (Lipinski definition) is 4. The van der Waals surface area contributed by atoms with Crippen LogP contribution in [0.15, 0.2) is 53.5 Å². The summed E-state index contributed by atoms with van der Waals surface area (Å²) < 4.78 is 15.2. The second-order valence-corrected chi connectivity index (χ2v) is 6.52. The minimum atomic E-state index is -0.411. The molecular weight excluding hydrogens is 341 g/mol. The number of nitro benzene ring substituents is 1. The molecule has 2 aromatic carbocycles. The van der Waals surface area contributed by atoms with Crippen molar-refractivity contribution in [1.82, 2.24) is 4.57 Å². The molecule has 0 saturated carbocycles. The Morgan fingerprint density at radius 3 is 2.36 bits per heavy atom. The average molecular weight is 357 g/mol. The van der Waals surface area contributed by atoms with Crippen LogP contribution in [-0.4, -0.2) is 16.5 Å². The van der Waals surface area contributed by atoms with E-state index >= 15 is 0 Å². The Morgan fingerprint density at radius 1 is 1.16 bits per heavy atom. The first-order chi connectivity index (χ1) is 12.0. The maximum absolute atomic E-state index is 13.2. The maximum atomic E-state index is 13.2. The molecule has 5 nitrogen and oxygen atoms in total. The van der Waals surface area contributed by atoms with Crippen molar-refractivity contribution in [3.8, 4) is 10.4 Å². The van der Waals surface area contributed by atoms with Gasteiger partial charge in [-0.1, -0.05) is 35.6 Å². The molecule has 128 valence electrons. The van der Waals surface area contributed by atoms with Crippen molar-refractivity contribution in [3.05, 3.63) is 80.5 Å². The molecule has 0 spiro atoms. The van der Waals surface area contributed by atoms with Crippen LogP contribution in [0.5, 0.6) is 0 Å². The smallest absolute Gasteiger partial charge is 0.269 e.